The van der Waals surface area contributed by atoms with E-state index in [1.807, 2.05) is 42.5 Å². The number of aliphatic hydroxyl groups excluding tert-OH is 1. The fourth-order valence-electron chi connectivity index (χ4n) is 3.27. The summed E-state index contributed by atoms with van der Waals surface area (Å²) in [4.78, 5) is 0. The number of benzene rings is 3. The van der Waals surface area contributed by atoms with Crippen molar-refractivity contribution in [1.29, 1.82) is 0 Å². The average molecular weight is 357 g/mol. The van der Waals surface area contributed by atoms with Crippen LogP contribution in [0.5, 0.6) is 0 Å². The van der Waals surface area contributed by atoms with Crippen LogP contribution in [-0.2, 0) is 6.54 Å². The minimum Gasteiger partial charge on any atom is -0.388 e. The monoisotopic (exact) mass is 357 g/mol. The highest BCUT2D eigenvalue weighted by Crippen LogP contribution is 2.27. The van der Waals surface area contributed by atoms with Crippen molar-refractivity contribution in [2.24, 2.45) is 0 Å². The molecule has 0 heterocycles. The number of aliphatic hydroxyl groups is 1. The summed E-state index contributed by atoms with van der Waals surface area (Å²) in [6.45, 7) is 5.04. The van der Waals surface area contributed by atoms with Crippen LogP contribution in [0.2, 0.25) is 0 Å². The number of rotatable bonds is 9. The van der Waals surface area contributed by atoms with Crippen molar-refractivity contribution in [2.45, 2.75) is 31.5 Å². The second-order valence-electron chi connectivity index (χ2n) is 6.91. The number of hydrogen-bond donors (Lipinski definition) is 2. The first-order chi connectivity index (χ1) is 13.2. The average Bonchev–Trinajstić information content (AvgIpc) is 2.73. The molecule has 0 aromatic heterocycles. The molecule has 0 radical (unpaired) electrons. The van der Waals surface area contributed by atoms with Crippen LogP contribution in [0.3, 0.4) is 0 Å². The van der Waals surface area contributed by atoms with Crippen molar-refractivity contribution in [3.8, 4) is 0 Å². The molecule has 0 aliphatic carbocycles. The van der Waals surface area contributed by atoms with E-state index in [2.05, 4.69) is 60.4 Å². The first kappa shape index (κ1) is 19.1. The molecule has 0 bridgehead atoms. The molecule has 0 saturated heterocycles. The van der Waals surface area contributed by atoms with E-state index in [-0.39, 0.29) is 6.04 Å². The molecule has 0 fully saturated rings. The van der Waals surface area contributed by atoms with Gasteiger partial charge in [0.1, 0.15) is 0 Å². The van der Waals surface area contributed by atoms with E-state index in [1.165, 1.54) is 11.1 Å². The Balaban J connectivity index is 1.64. The summed E-state index contributed by atoms with van der Waals surface area (Å²) in [5.74, 6) is 0. The minimum absolute atomic E-state index is 0.168. The third kappa shape index (κ3) is 5.92. The van der Waals surface area contributed by atoms with Crippen LogP contribution in [0, 0.1) is 0 Å². The Morgan fingerprint density at radius 2 is 1.26 bits per heavy atom. The van der Waals surface area contributed by atoms with Crippen LogP contribution in [0.25, 0.3) is 0 Å². The molecule has 0 aliphatic rings. The van der Waals surface area contributed by atoms with Gasteiger partial charge in [-0.15, -0.1) is 0 Å². The van der Waals surface area contributed by atoms with Crippen LogP contribution in [-0.4, -0.2) is 5.11 Å². The van der Waals surface area contributed by atoms with Crippen molar-refractivity contribution in [1.82, 2.24) is 5.32 Å². The largest absolute Gasteiger partial charge is 0.388 e. The van der Waals surface area contributed by atoms with Crippen molar-refractivity contribution in [3.05, 3.63) is 120 Å². The van der Waals surface area contributed by atoms with Crippen LogP contribution in [0.15, 0.2) is 103 Å². The van der Waals surface area contributed by atoms with Gasteiger partial charge in [-0.3, -0.25) is 0 Å². The summed E-state index contributed by atoms with van der Waals surface area (Å²) in [5.41, 5.74) is 4.48. The third-order valence-electron chi connectivity index (χ3n) is 4.76. The lowest BCUT2D eigenvalue weighted by atomic mass is 9.94. The lowest BCUT2D eigenvalue weighted by molar-refractivity contribution is 0.176. The third-order valence-corrected chi connectivity index (χ3v) is 4.76. The molecular formula is C25H27NO. The van der Waals surface area contributed by atoms with Gasteiger partial charge in [-0.05, 0) is 29.5 Å². The van der Waals surface area contributed by atoms with Gasteiger partial charge in [0.2, 0.25) is 0 Å². The highest BCUT2D eigenvalue weighted by atomic mass is 16.3. The molecule has 2 atom stereocenters. The van der Waals surface area contributed by atoms with Gasteiger partial charge in [0, 0.05) is 12.6 Å². The van der Waals surface area contributed by atoms with E-state index in [9.17, 15) is 5.11 Å². The Labute approximate surface area is 162 Å². The van der Waals surface area contributed by atoms with Gasteiger partial charge < -0.3 is 10.4 Å². The van der Waals surface area contributed by atoms with Gasteiger partial charge in [0.05, 0.1) is 6.10 Å². The molecule has 0 spiro atoms. The normalized spacial score (nSPS) is 13.1. The fraction of sp³-hybridized carbons (Fsp3) is 0.200. The second kappa shape index (κ2) is 9.86. The van der Waals surface area contributed by atoms with Crippen molar-refractivity contribution in [3.63, 3.8) is 0 Å². The molecule has 0 amide bonds. The first-order valence-corrected chi connectivity index (χ1v) is 9.44. The van der Waals surface area contributed by atoms with E-state index in [0.717, 1.165) is 24.1 Å². The Kier molecular flexibility index (Phi) is 6.97. The van der Waals surface area contributed by atoms with Crippen LogP contribution >= 0.6 is 0 Å². The Hall–Kier alpha value is -2.68. The number of nitrogens with one attached hydrogen (secondary N) is 1. The van der Waals surface area contributed by atoms with Crippen molar-refractivity contribution >= 4 is 0 Å². The van der Waals surface area contributed by atoms with Crippen molar-refractivity contribution in [2.75, 3.05) is 0 Å². The van der Waals surface area contributed by atoms with Gasteiger partial charge >= 0.3 is 0 Å². The Bertz CT molecular complexity index is 815. The van der Waals surface area contributed by atoms with E-state index < -0.39 is 6.10 Å². The molecule has 2 N–H and O–H groups in total. The summed E-state index contributed by atoms with van der Waals surface area (Å²) in [6.07, 6.45) is 0.852. The Morgan fingerprint density at radius 1 is 0.741 bits per heavy atom. The van der Waals surface area contributed by atoms with Crippen LogP contribution in [0.1, 0.15) is 41.7 Å². The first-order valence-electron chi connectivity index (χ1n) is 9.44. The summed E-state index contributed by atoms with van der Waals surface area (Å²) in [5, 5.41) is 14.2. The predicted molar refractivity (Wildman–Crippen MR) is 112 cm³/mol. The van der Waals surface area contributed by atoms with Gasteiger partial charge in [-0.2, -0.15) is 0 Å². The summed E-state index contributed by atoms with van der Waals surface area (Å²) in [6, 6.07) is 30.8. The lowest BCUT2D eigenvalue weighted by Crippen LogP contribution is -2.21. The zero-order valence-corrected chi connectivity index (χ0v) is 15.6. The summed E-state index contributed by atoms with van der Waals surface area (Å²) >= 11 is 0. The van der Waals surface area contributed by atoms with E-state index in [1.54, 1.807) is 0 Å². The molecule has 0 aliphatic heterocycles. The van der Waals surface area contributed by atoms with Gasteiger partial charge in [0.25, 0.3) is 0 Å². The lowest BCUT2D eigenvalue weighted by Gasteiger charge is -2.22. The molecule has 27 heavy (non-hydrogen) atoms. The smallest absolute Gasteiger partial charge is 0.0827 e. The van der Waals surface area contributed by atoms with Crippen molar-refractivity contribution < 1.29 is 5.11 Å². The Morgan fingerprint density at radius 3 is 1.85 bits per heavy atom. The zero-order valence-electron chi connectivity index (χ0n) is 15.6. The van der Waals surface area contributed by atoms with E-state index in [4.69, 9.17) is 0 Å². The van der Waals surface area contributed by atoms with E-state index >= 15 is 0 Å². The second-order valence-corrected chi connectivity index (χ2v) is 6.91. The molecule has 3 rings (SSSR count). The predicted octanol–water partition coefficient (Wildman–Crippen LogP) is 5.59. The standard InChI is InChI=1S/C25H27NO/c1-20(18-25(27)23-15-9-4-10-16-23)17-24(22-13-7-3-8-14-22)26-19-21-11-5-2-6-12-21/h2-16,24-27H,1,17-19H2. The molecule has 138 valence electrons. The summed E-state index contributed by atoms with van der Waals surface area (Å²) in [7, 11) is 0. The maximum absolute atomic E-state index is 10.5. The topological polar surface area (TPSA) is 32.3 Å². The van der Waals surface area contributed by atoms with Gasteiger partial charge in [-0.1, -0.05) is 103 Å². The number of hydrogen-bond acceptors (Lipinski definition) is 2. The minimum atomic E-state index is -0.510. The molecule has 2 nitrogen and oxygen atoms in total. The molecule has 0 saturated carbocycles. The van der Waals surface area contributed by atoms with Gasteiger partial charge in [-0.25, -0.2) is 0 Å². The molecule has 3 aromatic carbocycles. The molecule has 2 heteroatoms. The molecule has 3 aromatic rings. The maximum atomic E-state index is 10.5. The van der Waals surface area contributed by atoms with E-state index in [0.29, 0.717) is 6.42 Å². The quantitative estimate of drug-likeness (QED) is 0.489. The highest BCUT2D eigenvalue weighted by molar-refractivity contribution is 5.23. The molecule has 2 unspecified atom stereocenters. The van der Waals surface area contributed by atoms with Crippen LogP contribution < -0.4 is 5.32 Å². The maximum Gasteiger partial charge on any atom is 0.0827 e. The fourth-order valence-corrected chi connectivity index (χ4v) is 3.27. The van der Waals surface area contributed by atoms with Crippen LogP contribution in [0.4, 0.5) is 0 Å². The zero-order chi connectivity index (χ0) is 18.9. The highest BCUT2D eigenvalue weighted by Gasteiger charge is 2.15. The molecular weight excluding hydrogens is 330 g/mol. The summed E-state index contributed by atoms with van der Waals surface area (Å²) < 4.78 is 0. The van der Waals surface area contributed by atoms with Gasteiger partial charge in [0.15, 0.2) is 0 Å². The SMILES string of the molecule is C=C(CC(O)c1ccccc1)CC(NCc1ccccc1)c1ccccc1.